The normalized spacial score (nSPS) is 15.8. The number of para-hydroxylation sites is 1. The molecule has 0 aliphatic heterocycles. The summed E-state index contributed by atoms with van der Waals surface area (Å²) >= 11 is 5.77. The van der Waals surface area contributed by atoms with Crippen LogP contribution >= 0.6 is 11.6 Å². The van der Waals surface area contributed by atoms with Gasteiger partial charge in [-0.25, -0.2) is 4.98 Å². The zero-order valence-electron chi connectivity index (χ0n) is 10.9. The molecule has 4 nitrogen and oxygen atoms in total. The number of halogens is 1. The van der Waals surface area contributed by atoms with Gasteiger partial charge in [-0.15, -0.1) is 11.6 Å². The predicted octanol–water partition coefficient (Wildman–Crippen LogP) is 2.62. The van der Waals surface area contributed by atoms with E-state index in [0.717, 1.165) is 18.6 Å². The molecule has 1 aliphatic rings. The summed E-state index contributed by atoms with van der Waals surface area (Å²) in [5, 5.41) is 0. The van der Waals surface area contributed by atoms with Crippen LogP contribution in [0.3, 0.4) is 0 Å². The predicted molar refractivity (Wildman–Crippen MR) is 77.3 cm³/mol. The van der Waals surface area contributed by atoms with Crippen LogP contribution in [-0.4, -0.2) is 16.6 Å². The third kappa shape index (κ3) is 2.70. The van der Waals surface area contributed by atoms with Gasteiger partial charge in [-0.2, -0.15) is 0 Å². The minimum Gasteiger partial charge on any atom is -0.493 e. The number of ether oxygens (including phenoxy) is 1. The number of benzene rings is 1. The third-order valence-corrected chi connectivity index (χ3v) is 3.82. The van der Waals surface area contributed by atoms with E-state index in [1.54, 1.807) is 0 Å². The Morgan fingerprint density at radius 1 is 1.30 bits per heavy atom. The second kappa shape index (κ2) is 5.29. The van der Waals surface area contributed by atoms with Crippen molar-refractivity contribution in [2.75, 3.05) is 6.61 Å². The van der Waals surface area contributed by atoms with Crippen LogP contribution in [0.2, 0.25) is 0 Å². The number of nitrogens with zero attached hydrogens (tertiary/aromatic N) is 1. The van der Waals surface area contributed by atoms with Crippen molar-refractivity contribution in [3.63, 3.8) is 0 Å². The van der Waals surface area contributed by atoms with Crippen molar-refractivity contribution >= 4 is 11.6 Å². The maximum atomic E-state index is 11.6. The Kier molecular flexibility index (Phi) is 3.49. The Labute approximate surface area is 121 Å². The van der Waals surface area contributed by atoms with Crippen LogP contribution in [0.15, 0.2) is 41.2 Å². The van der Waals surface area contributed by atoms with Gasteiger partial charge in [0.05, 0.1) is 17.0 Å². The average molecular weight is 291 g/mol. The minimum absolute atomic E-state index is 0.156. The molecule has 1 heterocycles. The van der Waals surface area contributed by atoms with E-state index >= 15 is 0 Å². The van der Waals surface area contributed by atoms with Crippen LogP contribution in [0.4, 0.5) is 0 Å². The molecule has 1 aromatic heterocycles. The number of alkyl halides is 1. The Bertz CT molecular complexity index is 650. The molecule has 1 fully saturated rings. The molecule has 1 saturated carbocycles. The van der Waals surface area contributed by atoms with Crippen molar-refractivity contribution in [3.05, 3.63) is 58.3 Å². The van der Waals surface area contributed by atoms with Gasteiger partial charge in [0.25, 0.3) is 5.56 Å². The Morgan fingerprint density at radius 3 is 2.70 bits per heavy atom. The van der Waals surface area contributed by atoms with Crippen molar-refractivity contribution in [2.45, 2.75) is 24.1 Å². The third-order valence-electron chi connectivity index (χ3n) is 3.55. The van der Waals surface area contributed by atoms with E-state index in [9.17, 15) is 4.79 Å². The van der Waals surface area contributed by atoms with Gasteiger partial charge in [0.1, 0.15) is 18.2 Å². The minimum atomic E-state index is -0.170. The molecular formula is C15H15ClN2O2. The lowest BCUT2D eigenvalue weighted by Crippen LogP contribution is -2.25. The first-order valence-electron chi connectivity index (χ1n) is 6.56. The molecule has 0 saturated heterocycles. The van der Waals surface area contributed by atoms with E-state index in [2.05, 4.69) is 9.97 Å². The van der Waals surface area contributed by atoms with Gasteiger partial charge in [0.15, 0.2) is 0 Å². The van der Waals surface area contributed by atoms with Gasteiger partial charge in [-0.1, -0.05) is 18.2 Å². The van der Waals surface area contributed by atoms with Crippen LogP contribution in [-0.2, 0) is 11.3 Å². The molecule has 1 aromatic carbocycles. The number of rotatable bonds is 5. The maximum absolute atomic E-state index is 11.6. The Balaban J connectivity index is 1.79. The fourth-order valence-corrected chi connectivity index (χ4v) is 2.30. The van der Waals surface area contributed by atoms with E-state index in [1.807, 2.05) is 30.3 Å². The Hall–Kier alpha value is -1.81. The van der Waals surface area contributed by atoms with E-state index in [-0.39, 0.29) is 16.9 Å². The first-order valence-corrected chi connectivity index (χ1v) is 7.10. The zero-order valence-corrected chi connectivity index (χ0v) is 11.7. The molecule has 2 aromatic rings. The summed E-state index contributed by atoms with van der Waals surface area (Å²) in [6.07, 6.45) is 1.93. The number of aromatic amines is 1. The molecule has 1 aliphatic carbocycles. The molecule has 0 spiro atoms. The van der Waals surface area contributed by atoms with Gasteiger partial charge >= 0.3 is 0 Å². The van der Waals surface area contributed by atoms with Crippen LogP contribution < -0.4 is 10.3 Å². The van der Waals surface area contributed by atoms with Crippen molar-refractivity contribution in [3.8, 4) is 5.75 Å². The van der Waals surface area contributed by atoms with Crippen LogP contribution in [0.5, 0.6) is 5.75 Å². The molecule has 1 N–H and O–H groups in total. The van der Waals surface area contributed by atoms with Crippen LogP contribution in [0, 0.1) is 0 Å². The largest absolute Gasteiger partial charge is 0.493 e. The monoisotopic (exact) mass is 290 g/mol. The summed E-state index contributed by atoms with van der Waals surface area (Å²) < 4.78 is 5.81. The molecule has 20 heavy (non-hydrogen) atoms. The molecule has 0 unspecified atom stereocenters. The second-order valence-corrected chi connectivity index (χ2v) is 5.37. The molecule has 5 heteroatoms. The summed E-state index contributed by atoms with van der Waals surface area (Å²) in [4.78, 5) is 18.9. The average Bonchev–Trinajstić information content (AvgIpc) is 3.27. The van der Waals surface area contributed by atoms with Gasteiger partial charge in [0, 0.05) is 6.07 Å². The lowest BCUT2D eigenvalue weighted by atomic mass is 10.1. The first kappa shape index (κ1) is 13.2. The van der Waals surface area contributed by atoms with E-state index in [4.69, 9.17) is 16.3 Å². The second-order valence-electron chi connectivity index (χ2n) is 5.10. The summed E-state index contributed by atoms with van der Waals surface area (Å²) in [6.45, 7) is 0.520. The fraction of sp³-hybridized carbons (Fsp3) is 0.333. The van der Waals surface area contributed by atoms with Crippen molar-refractivity contribution in [1.29, 1.82) is 0 Å². The topological polar surface area (TPSA) is 55.0 Å². The van der Waals surface area contributed by atoms with Crippen LogP contribution in [0.25, 0.3) is 0 Å². The zero-order chi connectivity index (χ0) is 14.0. The van der Waals surface area contributed by atoms with Gasteiger partial charge in [0.2, 0.25) is 0 Å². The molecule has 3 rings (SSSR count). The molecule has 0 bridgehead atoms. The van der Waals surface area contributed by atoms with Gasteiger partial charge in [-0.05, 0) is 25.0 Å². The smallest absolute Gasteiger partial charge is 0.251 e. The number of aromatic nitrogens is 2. The lowest BCUT2D eigenvalue weighted by Gasteiger charge is -2.16. The number of hydrogen-bond donors (Lipinski definition) is 1. The van der Waals surface area contributed by atoms with E-state index < -0.39 is 0 Å². The molecule has 0 amide bonds. The summed E-state index contributed by atoms with van der Waals surface area (Å²) in [5.74, 6) is 1.76. The highest BCUT2D eigenvalue weighted by Gasteiger charge is 2.47. The fourth-order valence-electron chi connectivity index (χ4n) is 2.17. The van der Waals surface area contributed by atoms with E-state index in [1.165, 1.54) is 6.07 Å². The van der Waals surface area contributed by atoms with Crippen molar-refractivity contribution in [1.82, 2.24) is 9.97 Å². The summed E-state index contributed by atoms with van der Waals surface area (Å²) in [6, 6.07) is 11.1. The maximum Gasteiger partial charge on any atom is 0.251 e. The standard InChI is InChI=1S/C15H15ClN2O2/c16-9-11-8-13(19)18-14(17-11)15(6-7-15)10-20-12-4-2-1-3-5-12/h1-5,8H,6-7,9-10H2,(H,17,18,19). The number of nitrogens with one attached hydrogen (secondary N) is 1. The number of H-pyrrole nitrogens is 1. The number of hydrogen-bond acceptors (Lipinski definition) is 3. The lowest BCUT2D eigenvalue weighted by molar-refractivity contribution is 0.272. The first-order chi connectivity index (χ1) is 9.72. The Morgan fingerprint density at radius 2 is 2.05 bits per heavy atom. The van der Waals surface area contributed by atoms with Crippen molar-refractivity contribution in [2.24, 2.45) is 0 Å². The summed E-state index contributed by atoms with van der Waals surface area (Å²) in [5.41, 5.74) is 0.282. The quantitative estimate of drug-likeness (QED) is 0.861. The summed E-state index contributed by atoms with van der Waals surface area (Å²) in [7, 11) is 0. The highest BCUT2D eigenvalue weighted by Crippen LogP contribution is 2.46. The molecule has 0 radical (unpaired) electrons. The van der Waals surface area contributed by atoms with Crippen molar-refractivity contribution < 1.29 is 4.74 Å². The highest BCUT2D eigenvalue weighted by atomic mass is 35.5. The highest BCUT2D eigenvalue weighted by molar-refractivity contribution is 6.16. The van der Waals surface area contributed by atoms with Gasteiger partial charge in [-0.3, -0.25) is 4.79 Å². The molecule has 104 valence electrons. The van der Waals surface area contributed by atoms with E-state index in [0.29, 0.717) is 18.1 Å². The SMILES string of the molecule is O=c1cc(CCl)nc(C2(COc3ccccc3)CC2)[nH]1. The molecule has 0 atom stereocenters. The molecular weight excluding hydrogens is 276 g/mol. The van der Waals surface area contributed by atoms with Crippen LogP contribution in [0.1, 0.15) is 24.4 Å². The van der Waals surface area contributed by atoms with Gasteiger partial charge < -0.3 is 9.72 Å².